The van der Waals surface area contributed by atoms with Gasteiger partial charge in [-0.2, -0.15) is 26.3 Å². The molecule has 7 rings (SSSR count). The maximum atomic E-state index is 13.9. The van der Waals surface area contributed by atoms with E-state index in [1.807, 2.05) is 60.7 Å². The number of hydrogen-bond donors (Lipinski definition) is 2. The lowest BCUT2D eigenvalue weighted by Crippen LogP contribution is -2.50. The molecular weight excluding hydrogens is 726 g/mol. The van der Waals surface area contributed by atoms with Crippen molar-refractivity contribution in [2.45, 2.75) is 25.2 Å². The first-order valence-corrected chi connectivity index (χ1v) is 16.3. The van der Waals surface area contributed by atoms with E-state index in [1.54, 1.807) is 0 Å². The molecule has 0 aliphatic carbocycles. The number of alkyl halides is 6. The van der Waals surface area contributed by atoms with Crippen molar-refractivity contribution in [1.29, 1.82) is 0 Å². The Labute approximate surface area is 299 Å². The zero-order valence-electron chi connectivity index (χ0n) is 28.1. The molecule has 0 aromatic heterocycles. The van der Waals surface area contributed by atoms with Gasteiger partial charge in [0, 0.05) is 45.2 Å². The summed E-state index contributed by atoms with van der Waals surface area (Å²) in [6.45, 7) is 2.70. The molecule has 0 atom stereocenters. The summed E-state index contributed by atoms with van der Waals surface area (Å²) < 4.78 is 74.9. The lowest BCUT2D eigenvalue weighted by Gasteiger charge is -2.18. The van der Waals surface area contributed by atoms with Gasteiger partial charge < -0.3 is 40.7 Å². The Morgan fingerprint density at radius 3 is 1.15 bits per heavy atom. The molecule has 7 aromatic rings. The number of benzene rings is 7. The largest absolute Gasteiger partial charge is 0.542 e. The zero-order chi connectivity index (χ0) is 39.5. The number of quaternary nitrogens is 2. The van der Waals surface area contributed by atoms with Gasteiger partial charge in [-0.1, -0.05) is 36.4 Å². The molecule has 0 saturated carbocycles. The second kappa shape index (κ2) is 15.5. The number of hydrogen-bond acceptors (Lipinski definition) is 8. The van der Waals surface area contributed by atoms with Crippen LogP contribution in [0.25, 0.3) is 64.6 Å². The van der Waals surface area contributed by atoms with Crippen LogP contribution < -0.4 is 42.0 Å². The van der Waals surface area contributed by atoms with Crippen LogP contribution >= 0.6 is 0 Å². The average molecular weight is 757 g/mol. The molecule has 0 aliphatic rings. The van der Waals surface area contributed by atoms with Crippen LogP contribution in [0.3, 0.4) is 0 Å². The van der Waals surface area contributed by atoms with Crippen molar-refractivity contribution in [3.05, 3.63) is 93.2 Å². The Kier molecular flexibility index (Phi) is 11.3. The molecule has 0 bridgehead atoms. The summed E-state index contributed by atoms with van der Waals surface area (Å²) >= 11 is 0. The van der Waals surface area contributed by atoms with E-state index >= 15 is 0 Å². The average Bonchev–Trinajstić information content (AvgIpc) is 3.12. The first-order chi connectivity index (χ1) is 25.5. The summed E-state index contributed by atoms with van der Waals surface area (Å²) in [4.78, 5) is 45.4. The van der Waals surface area contributed by atoms with E-state index in [9.17, 15) is 35.9 Å². The van der Waals surface area contributed by atoms with Crippen LogP contribution in [0.4, 0.5) is 26.3 Å². The van der Waals surface area contributed by atoms with E-state index < -0.39 is 24.3 Å². The van der Waals surface area contributed by atoms with Crippen LogP contribution in [0.5, 0.6) is 11.5 Å². The van der Waals surface area contributed by atoms with Crippen LogP contribution in [0, 0.1) is 0 Å². The van der Waals surface area contributed by atoms with Gasteiger partial charge in [-0.3, -0.25) is 9.59 Å². The molecule has 54 heavy (non-hydrogen) atoms. The third kappa shape index (κ3) is 7.70. The van der Waals surface area contributed by atoms with Crippen molar-refractivity contribution in [3.63, 3.8) is 0 Å². The van der Waals surface area contributed by atoms with Gasteiger partial charge in [0.15, 0.2) is 10.9 Å². The van der Waals surface area contributed by atoms with Crippen LogP contribution in [-0.2, 0) is 9.59 Å². The van der Waals surface area contributed by atoms with Gasteiger partial charge in [0.1, 0.15) is 23.4 Å². The summed E-state index contributed by atoms with van der Waals surface area (Å²) in [6, 6.07) is 23.4. The van der Waals surface area contributed by atoms with E-state index in [0.717, 1.165) is 69.0 Å². The number of carbonyl (C=O) groups excluding carboxylic acids is 2. The molecule has 282 valence electrons. The SMILES string of the molecule is O=C([O-])C(F)(F)F.O=C([O-])C(F)(F)F.[NH3+]CCCOc1ccc2c(c1)c(=O)c1cccc3c1c2c1cccc2c(=O)c4cc(OCCC[NH3+])ccc4c3c21. The Morgan fingerprint density at radius 1 is 0.519 bits per heavy atom. The van der Waals surface area contributed by atoms with Crippen molar-refractivity contribution in [2.75, 3.05) is 26.3 Å². The molecule has 10 nitrogen and oxygen atoms in total. The normalized spacial score (nSPS) is 11.9. The Bertz CT molecular complexity index is 2450. The number of fused-ring (bicyclic) bond motifs is 6. The number of carboxylic acids is 2. The molecular formula is C38H30F6N2O8. The predicted molar refractivity (Wildman–Crippen MR) is 184 cm³/mol. The fraction of sp³-hybridized carbons (Fsp3) is 0.211. The van der Waals surface area contributed by atoms with E-state index in [2.05, 4.69) is 23.6 Å². The highest BCUT2D eigenvalue weighted by molar-refractivity contribution is 6.41. The number of halogens is 6. The highest BCUT2D eigenvalue weighted by atomic mass is 19.4. The fourth-order valence-electron chi connectivity index (χ4n) is 6.18. The maximum absolute atomic E-state index is 13.9. The summed E-state index contributed by atoms with van der Waals surface area (Å²) in [5.74, 6) is -4.66. The minimum Gasteiger partial charge on any atom is -0.542 e. The number of aliphatic carboxylic acids is 2. The van der Waals surface area contributed by atoms with E-state index in [0.29, 0.717) is 46.3 Å². The van der Waals surface area contributed by atoms with Crippen molar-refractivity contribution in [2.24, 2.45) is 0 Å². The van der Waals surface area contributed by atoms with Crippen molar-refractivity contribution in [1.82, 2.24) is 0 Å². The number of ether oxygens (including phenoxy) is 2. The van der Waals surface area contributed by atoms with Gasteiger partial charge in [0.25, 0.3) is 0 Å². The molecule has 0 unspecified atom stereocenters. The highest BCUT2D eigenvalue weighted by Crippen LogP contribution is 2.44. The van der Waals surface area contributed by atoms with Gasteiger partial charge in [-0.15, -0.1) is 0 Å². The minimum atomic E-state index is -5.19. The lowest BCUT2D eigenvalue weighted by molar-refractivity contribution is -0.369. The zero-order valence-corrected chi connectivity index (χ0v) is 28.1. The quantitative estimate of drug-likeness (QED) is 0.103. The first-order valence-electron chi connectivity index (χ1n) is 16.3. The van der Waals surface area contributed by atoms with E-state index in [4.69, 9.17) is 29.3 Å². The van der Waals surface area contributed by atoms with E-state index in [1.165, 1.54) is 0 Å². The Hall–Kier alpha value is -6.00. The molecule has 6 N–H and O–H groups in total. The molecule has 0 amide bonds. The van der Waals surface area contributed by atoms with Crippen molar-refractivity contribution >= 4 is 76.6 Å². The standard InChI is InChI=1S/C34H28N2O4.2C2HF3O2/c35-13-3-15-39-19-10-12-22-27(17-19)33(37)25-7-1-5-23-29-21-11-9-20(40-16-4-14-36)18-28(21)34(38)26-8-2-6-24(32(26)29)30(22)31(23)25;2*3-2(4,5)1(6)7/h1-2,5-12,17-18H,3-4,13-16,35-36H2;2*(H,6,7). The van der Waals surface area contributed by atoms with Gasteiger partial charge in [-0.05, 0) is 68.7 Å². The molecule has 7 aromatic carbocycles. The minimum absolute atomic E-state index is 0.0142. The molecule has 0 heterocycles. The van der Waals surface area contributed by atoms with Crippen LogP contribution in [-0.4, -0.2) is 50.6 Å². The predicted octanol–water partition coefficient (Wildman–Crippen LogP) is 2.82. The van der Waals surface area contributed by atoms with E-state index in [-0.39, 0.29) is 10.9 Å². The van der Waals surface area contributed by atoms with Gasteiger partial charge in [-0.25, -0.2) is 0 Å². The number of carbonyl (C=O) groups is 2. The fourth-order valence-corrected chi connectivity index (χ4v) is 6.18. The monoisotopic (exact) mass is 756 g/mol. The van der Waals surface area contributed by atoms with Gasteiger partial charge in [0.05, 0.1) is 26.3 Å². The van der Waals surface area contributed by atoms with Gasteiger partial charge in [0.2, 0.25) is 0 Å². The summed E-state index contributed by atoms with van der Waals surface area (Å²) in [7, 11) is 0. The van der Waals surface area contributed by atoms with Crippen LogP contribution in [0.2, 0.25) is 0 Å². The lowest BCUT2D eigenvalue weighted by atomic mass is 9.85. The second-order valence-electron chi connectivity index (χ2n) is 12.0. The highest BCUT2D eigenvalue weighted by Gasteiger charge is 2.29. The molecule has 0 fully saturated rings. The maximum Gasteiger partial charge on any atom is 0.430 e. The second-order valence-corrected chi connectivity index (χ2v) is 12.0. The molecule has 0 radical (unpaired) electrons. The number of rotatable bonds is 8. The van der Waals surface area contributed by atoms with Crippen molar-refractivity contribution < 1.29 is 67.1 Å². The van der Waals surface area contributed by atoms with Crippen LogP contribution in [0.1, 0.15) is 12.8 Å². The Morgan fingerprint density at radius 2 is 0.833 bits per heavy atom. The third-order valence-corrected chi connectivity index (χ3v) is 8.46. The first kappa shape index (κ1) is 39.2. The van der Waals surface area contributed by atoms with Crippen LogP contribution in [0.15, 0.2) is 82.4 Å². The molecule has 0 aliphatic heterocycles. The topological polar surface area (TPSA) is 188 Å². The molecule has 0 spiro atoms. The summed E-state index contributed by atoms with van der Waals surface area (Å²) in [6.07, 6.45) is -8.69. The third-order valence-electron chi connectivity index (χ3n) is 8.46. The summed E-state index contributed by atoms with van der Waals surface area (Å²) in [5.41, 5.74) is 7.72. The molecule has 0 saturated heterocycles. The number of carboxylic acid groups (broad SMARTS) is 2. The molecule has 16 heteroatoms. The smallest absolute Gasteiger partial charge is 0.430 e. The van der Waals surface area contributed by atoms with Crippen molar-refractivity contribution in [3.8, 4) is 11.5 Å². The van der Waals surface area contributed by atoms with Gasteiger partial charge >= 0.3 is 12.4 Å². The Balaban J connectivity index is 0.000000342. The summed E-state index contributed by atoms with van der Waals surface area (Å²) in [5, 5.41) is 27.7.